The minimum Gasteiger partial charge on any atom is -0.352 e. The molecule has 0 bridgehead atoms. The van der Waals surface area contributed by atoms with Crippen molar-refractivity contribution < 1.29 is 9.47 Å². The molecular weight excluding hydrogens is 204 g/mol. The fraction of sp³-hybridized carbons (Fsp3) is 1.00. The molecule has 1 unspecified atom stereocenters. The summed E-state index contributed by atoms with van der Waals surface area (Å²) in [6.07, 6.45) is 1.16. The zero-order valence-electron chi connectivity index (χ0n) is 10.9. The largest absolute Gasteiger partial charge is 0.352 e. The van der Waals surface area contributed by atoms with Gasteiger partial charge in [0.2, 0.25) is 0 Å². The Balaban J connectivity index is 2.38. The van der Waals surface area contributed by atoms with Crippen molar-refractivity contribution in [2.45, 2.75) is 39.5 Å². The lowest BCUT2D eigenvalue weighted by Gasteiger charge is -2.30. The predicted molar refractivity (Wildman–Crippen MR) is 65.6 cm³/mol. The fourth-order valence-corrected chi connectivity index (χ4v) is 2.20. The molecule has 1 N–H and O–H groups in total. The molecule has 0 spiro atoms. The van der Waals surface area contributed by atoms with Gasteiger partial charge in [0.25, 0.3) is 0 Å². The number of nitrogens with one attached hydrogen (secondary N) is 1. The van der Waals surface area contributed by atoms with E-state index in [9.17, 15) is 0 Å². The highest BCUT2D eigenvalue weighted by Crippen LogP contribution is 2.10. The second-order valence-corrected chi connectivity index (χ2v) is 4.07. The molecule has 1 rings (SSSR count). The SMILES string of the molecule is CCOC(CN(CC)C1CCNC1)OCC. The van der Waals surface area contributed by atoms with Crippen molar-refractivity contribution in [2.75, 3.05) is 39.4 Å². The summed E-state index contributed by atoms with van der Waals surface area (Å²) < 4.78 is 11.2. The van der Waals surface area contributed by atoms with E-state index in [0.29, 0.717) is 19.3 Å². The van der Waals surface area contributed by atoms with Crippen LogP contribution in [-0.2, 0) is 9.47 Å². The predicted octanol–water partition coefficient (Wildman–Crippen LogP) is 1.07. The van der Waals surface area contributed by atoms with Crippen LogP contribution in [0.4, 0.5) is 0 Å². The standard InChI is InChI=1S/C12H26N2O2/c1-4-14(11-7-8-13-9-11)10-12(15-5-2)16-6-3/h11-13H,4-10H2,1-3H3. The molecule has 0 amide bonds. The van der Waals surface area contributed by atoms with Crippen LogP contribution in [0.3, 0.4) is 0 Å². The van der Waals surface area contributed by atoms with Crippen molar-refractivity contribution in [3.8, 4) is 0 Å². The number of ether oxygens (including phenoxy) is 2. The van der Waals surface area contributed by atoms with Gasteiger partial charge in [-0.1, -0.05) is 6.92 Å². The molecule has 1 aliphatic rings. The van der Waals surface area contributed by atoms with Gasteiger partial charge in [0.1, 0.15) is 0 Å². The number of nitrogens with zero attached hydrogens (tertiary/aromatic N) is 1. The van der Waals surface area contributed by atoms with Gasteiger partial charge in [-0.15, -0.1) is 0 Å². The van der Waals surface area contributed by atoms with Crippen LogP contribution in [0.25, 0.3) is 0 Å². The van der Waals surface area contributed by atoms with Gasteiger partial charge < -0.3 is 14.8 Å². The van der Waals surface area contributed by atoms with E-state index < -0.39 is 0 Å². The van der Waals surface area contributed by atoms with Crippen molar-refractivity contribution in [3.63, 3.8) is 0 Å². The summed E-state index contributed by atoms with van der Waals surface area (Å²) in [6.45, 7) is 11.8. The highest BCUT2D eigenvalue weighted by atomic mass is 16.7. The minimum absolute atomic E-state index is 0.0736. The third-order valence-electron chi connectivity index (χ3n) is 3.05. The first kappa shape index (κ1) is 13.9. The van der Waals surface area contributed by atoms with Crippen molar-refractivity contribution in [2.24, 2.45) is 0 Å². The maximum Gasteiger partial charge on any atom is 0.170 e. The Labute approximate surface area is 99.3 Å². The van der Waals surface area contributed by atoms with Gasteiger partial charge in [0, 0.05) is 32.3 Å². The molecule has 0 aromatic rings. The van der Waals surface area contributed by atoms with E-state index in [2.05, 4.69) is 17.1 Å². The highest BCUT2D eigenvalue weighted by molar-refractivity contribution is 4.80. The lowest BCUT2D eigenvalue weighted by Crippen LogP contribution is -2.43. The summed E-state index contributed by atoms with van der Waals surface area (Å²) in [4.78, 5) is 2.45. The van der Waals surface area contributed by atoms with E-state index in [0.717, 1.165) is 26.2 Å². The first-order chi connectivity index (χ1) is 7.81. The Morgan fingerprint density at radius 3 is 2.38 bits per heavy atom. The molecule has 1 saturated heterocycles. The Hall–Kier alpha value is -0.160. The van der Waals surface area contributed by atoms with Gasteiger partial charge in [-0.25, -0.2) is 0 Å². The van der Waals surface area contributed by atoms with Gasteiger partial charge in [-0.3, -0.25) is 4.90 Å². The Morgan fingerprint density at radius 1 is 1.25 bits per heavy atom. The van der Waals surface area contributed by atoms with Gasteiger partial charge in [-0.05, 0) is 33.4 Å². The van der Waals surface area contributed by atoms with Crippen molar-refractivity contribution in [1.82, 2.24) is 10.2 Å². The number of hydrogen-bond acceptors (Lipinski definition) is 4. The van der Waals surface area contributed by atoms with Gasteiger partial charge in [0.15, 0.2) is 6.29 Å². The molecule has 1 aliphatic heterocycles. The quantitative estimate of drug-likeness (QED) is 0.632. The van der Waals surface area contributed by atoms with E-state index >= 15 is 0 Å². The van der Waals surface area contributed by atoms with E-state index in [1.807, 2.05) is 13.8 Å². The molecule has 1 heterocycles. The summed E-state index contributed by atoms with van der Waals surface area (Å²) in [5.74, 6) is 0. The van der Waals surface area contributed by atoms with Crippen LogP contribution >= 0.6 is 0 Å². The molecule has 4 heteroatoms. The average Bonchev–Trinajstić information content (AvgIpc) is 2.79. The molecule has 16 heavy (non-hydrogen) atoms. The Kier molecular flexibility index (Phi) is 6.96. The summed E-state index contributed by atoms with van der Waals surface area (Å²) >= 11 is 0. The molecular formula is C12H26N2O2. The zero-order chi connectivity index (χ0) is 11.8. The topological polar surface area (TPSA) is 33.7 Å². The Morgan fingerprint density at radius 2 is 1.94 bits per heavy atom. The lowest BCUT2D eigenvalue weighted by molar-refractivity contribution is -0.149. The summed E-state index contributed by atoms with van der Waals surface area (Å²) in [5, 5.41) is 3.40. The first-order valence-corrected chi connectivity index (χ1v) is 6.49. The second kappa shape index (κ2) is 8.01. The maximum atomic E-state index is 5.59. The molecule has 96 valence electrons. The third kappa shape index (κ3) is 4.37. The van der Waals surface area contributed by atoms with Crippen LogP contribution in [0.5, 0.6) is 0 Å². The van der Waals surface area contributed by atoms with E-state index in [4.69, 9.17) is 9.47 Å². The van der Waals surface area contributed by atoms with Crippen molar-refractivity contribution >= 4 is 0 Å². The second-order valence-electron chi connectivity index (χ2n) is 4.07. The van der Waals surface area contributed by atoms with Gasteiger partial charge in [-0.2, -0.15) is 0 Å². The van der Waals surface area contributed by atoms with E-state index in [1.165, 1.54) is 6.42 Å². The molecule has 0 aromatic heterocycles. The zero-order valence-corrected chi connectivity index (χ0v) is 10.9. The third-order valence-corrected chi connectivity index (χ3v) is 3.05. The van der Waals surface area contributed by atoms with Crippen LogP contribution in [0, 0.1) is 0 Å². The molecule has 1 fully saturated rings. The number of rotatable bonds is 8. The van der Waals surface area contributed by atoms with Crippen LogP contribution in [0.2, 0.25) is 0 Å². The number of hydrogen-bond donors (Lipinski definition) is 1. The molecule has 1 atom stereocenters. The molecule has 0 aliphatic carbocycles. The van der Waals surface area contributed by atoms with Crippen LogP contribution < -0.4 is 5.32 Å². The van der Waals surface area contributed by atoms with E-state index in [-0.39, 0.29) is 6.29 Å². The van der Waals surface area contributed by atoms with Crippen molar-refractivity contribution in [3.05, 3.63) is 0 Å². The maximum absolute atomic E-state index is 5.59. The van der Waals surface area contributed by atoms with Crippen molar-refractivity contribution in [1.29, 1.82) is 0 Å². The molecule has 4 nitrogen and oxygen atoms in total. The first-order valence-electron chi connectivity index (χ1n) is 6.49. The molecule has 0 saturated carbocycles. The lowest BCUT2D eigenvalue weighted by atomic mass is 10.2. The van der Waals surface area contributed by atoms with E-state index in [1.54, 1.807) is 0 Å². The average molecular weight is 230 g/mol. The van der Waals surface area contributed by atoms with Crippen LogP contribution in [0.1, 0.15) is 27.2 Å². The number of likely N-dealkylation sites (N-methyl/N-ethyl adjacent to an activating group) is 1. The molecule has 0 aromatic carbocycles. The molecule has 0 radical (unpaired) electrons. The highest BCUT2D eigenvalue weighted by Gasteiger charge is 2.23. The Bertz CT molecular complexity index is 166. The fourth-order valence-electron chi connectivity index (χ4n) is 2.20. The van der Waals surface area contributed by atoms with Gasteiger partial charge >= 0.3 is 0 Å². The smallest absolute Gasteiger partial charge is 0.170 e. The summed E-state index contributed by atoms with van der Waals surface area (Å²) in [6, 6.07) is 0.647. The monoisotopic (exact) mass is 230 g/mol. The normalized spacial score (nSPS) is 21.2. The summed E-state index contributed by atoms with van der Waals surface area (Å²) in [5.41, 5.74) is 0. The summed E-state index contributed by atoms with van der Waals surface area (Å²) in [7, 11) is 0. The minimum atomic E-state index is -0.0736. The van der Waals surface area contributed by atoms with Crippen LogP contribution in [-0.4, -0.2) is 56.6 Å². The van der Waals surface area contributed by atoms with Crippen LogP contribution in [0.15, 0.2) is 0 Å². The van der Waals surface area contributed by atoms with Gasteiger partial charge in [0.05, 0.1) is 0 Å².